The van der Waals surface area contributed by atoms with Crippen molar-refractivity contribution < 1.29 is 32.2 Å². The van der Waals surface area contributed by atoms with E-state index in [4.69, 9.17) is 4.74 Å². The summed E-state index contributed by atoms with van der Waals surface area (Å²) >= 11 is 0. The first-order valence-corrected chi connectivity index (χ1v) is 7.78. The van der Waals surface area contributed by atoms with Gasteiger partial charge in [-0.3, -0.25) is 0 Å². The molecule has 2 atom stereocenters. The lowest BCUT2D eigenvalue weighted by molar-refractivity contribution is -0.183. The van der Waals surface area contributed by atoms with Crippen LogP contribution in [0.2, 0.25) is 0 Å². The summed E-state index contributed by atoms with van der Waals surface area (Å²) in [7, 11) is 0. The Labute approximate surface area is 139 Å². The number of esters is 2. The SMILES string of the molecule is C=C(C)C(=O)OC1(CC)CCC(CC(=C)C(=O)OCC(F)(F)F)C1. The third kappa shape index (κ3) is 6.02. The Kier molecular flexibility index (Phi) is 6.63. The molecule has 136 valence electrons. The van der Waals surface area contributed by atoms with E-state index in [-0.39, 0.29) is 17.9 Å². The van der Waals surface area contributed by atoms with Crippen molar-refractivity contribution >= 4 is 11.9 Å². The van der Waals surface area contributed by atoms with Crippen molar-refractivity contribution in [2.45, 2.75) is 57.7 Å². The molecule has 0 aromatic carbocycles. The smallest absolute Gasteiger partial charge is 0.422 e. The highest BCUT2D eigenvalue weighted by Gasteiger charge is 2.41. The molecule has 0 heterocycles. The molecule has 1 fully saturated rings. The summed E-state index contributed by atoms with van der Waals surface area (Å²) in [6.45, 7) is 8.92. The normalized spacial score (nSPS) is 23.6. The molecule has 0 amide bonds. The molecular weight excluding hydrogens is 325 g/mol. The summed E-state index contributed by atoms with van der Waals surface area (Å²) < 4.78 is 45.9. The molecule has 1 aliphatic rings. The minimum atomic E-state index is -4.56. The molecule has 0 radical (unpaired) electrons. The highest BCUT2D eigenvalue weighted by molar-refractivity contribution is 5.88. The Morgan fingerprint density at radius 2 is 1.88 bits per heavy atom. The number of hydrogen-bond acceptors (Lipinski definition) is 4. The van der Waals surface area contributed by atoms with Crippen LogP contribution in [0.25, 0.3) is 0 Å². The number of alkyl halides is 3. The fourth-order valence-electron chi connectivity index (χ4n) is 2.82. The van der Waals surface area contributed by atoms with Crippen LogP contribution >= 0.6 is 0 Å². The maximum atomic E-state index is 12.1. The third-order valence-electron chi connectivity index (χ3n) is 4.16. The molecule has 24 heavy (non-hydrogen) atoms. The van der Waals surface area contributed by atoms with E-state index in [0.717, 1.165) is 0 Å². The van der Waals surface area contributed by atoms with Gasteiger partial charge in [-0.05, 0) is 44.9 Å². The quantitative estimate of drug-likeness (QED) is 0.513. The van der Waals surface area contributed by atoms with Crippen molar-refractivity contribution in [3.63, 3.8) is 0 Å². The molecule has 1 rings (SSSR count). The molecular formula is C17H23F3O4. The Balaban J connectivity index is 2.56. The van der Waals surface area contributed by atoms with E-state index in [1.54, 1.807) is 6.92 Å². The zero-order valence-corrected chi connectivity index (χ0v) is 14.0. The molecule has 0 aromatic rings. The lowest BCUT2D eigenvalue weighted by atomic mass is 9.93. The van der Waals surface area contributed by atoms with Crippen LogP contribution in [0, 0.1) is 5.92 Å². The Bertz CT molecular complexity index is 524. The molecule has 0 saturated heterocycles. The molecule has 1 saturated carbocycles. The highest BCUT2D eigenvalue weighted by atomic mass is 19.4. The lowest BCUT2D eigenvalue weighted by Crippen LogP contribution is -2.32. The maximum Gasteiger partial charge on any atom is 0.422 e. The maximum absolute atomic E-state index is 12.1. The van der Waals surface area contributed by atoms with Gasteiger partial charge in [-0.1, -0.05) is 20.1 Å². The largest absolute Gasteiger partial charge is 0.456 e. The van der Waals surface area contributed by atoms with E-state index >= 15 is 0 Å². The van der Waals surface area contributed by atoms with Gasteiger partial charge in [0.05, 0.1) is 0 Å². The fourth-order valence-corrected chi connectivity index (χ4v) is 2.82. The Morgan fingerprint density at radius 3 is 2.38 bits per heavy atom. The van der Waals surface area contributed by atoms with Gasteiger partial charge in [0.15, 0.2) is 6.61 Å². The second-order valence-electron chi connectivity index (χ2n) is 6.31. The van der Waals surface area contributed by atoms with Crippen LogP contribution in [0.3, 0.4) is 0 Å². The molecule has 7 heteroatoms. The number of rotatable bonds is 7. The minimum Gasteiger partial charge on any atom is -0.456 e. The van der Waals surface area contributed by atoms with Crippen molar-refractivity contribution in [2.75, 3.05) is 6.61 Å². The number of ether oxygens (including phenoxy) is 2. The van der Waals surface area contributed by atoms with Crippen molar-refractivity contribution in [3.05, 3.63) is 24.3 Å². The van der Waals surface area contributed by atoms with E-state index in [9.17, 15) is 22.8 Å². The van der Waals surface area contributed by atoms with Crippen molar-refractivity contribution in [2.24, 2.45) is 5.92 Å². The van der Waals surface area contributed by atoms with Crippen molar-refractivity contribution in [1.82, 2.24) is 0 Å². The summed E-state index contributed by atoms with van der Waals surface area (Å²) in [6, 6.07) is 0. The van der Waals surface area contributed by atoms with Crippen molar-refractivity contribution in [3.8, 4) is 0 Å². The molecule has 0 aliphatic heterocycles. The molecule has 1 aliphatic carbocycles. The van der Waals surface area contributed by atoms with Crippen LogP contribution in [0.5, 0.6) is 0 Å². The highest BCUT2D eigenvalue weighted by Crippen LogP contribution is 2.42. The molecule has 0 spiro atoms. The summed E-state index contributed by atoms with van der Waals surface area (Å²) in [5.41, 5.74) is -0.301. The number of hydrogen-bond donors (Lipinski definition) is 0. The topological polar surface area (TPSA) is 52.6 Å². The van der Waals surface area contributed by atoms with Gasteiger partial charge in [-0.25, -0.2) is 9.59 Å². The van der Waals surface area contributed by atoms with Crippen LogP contribution in [-0.2, 0) is 19.1 Å². The average Bonchev–Trinajstić information content (AvgIpc) is 2.87. The van der Waals surface area contributed by atoms with E-state index < -0.39 is 30.3 Å². The predicted octanol–water partition coefficient (Wildman–Crippen LogP) is 4.11. The van der Waals surface area contributed by atoms with Gasteiger partial charge < -0.3 is 9.47 Å². The minimum absolute atomic E-state index is 0.00220. The summed E-state index contributed by atoms with van der Waals surface area (Å²) in [4.78, 5) is 23.3. The lowest BCUT2D eigenvalue weighted by Gasteiger charge is -2.28. The Morgan fingerprint density at radius 1 is 1.25 bits per heavy atom. The zero-order chi connectivity index (χ0) is 18.5. The van der Waals surface area contributed by atoms with E-state index in [2.05, 4.69) is 17.9 Å². The van der Waals surface area contributed by atoms with Gasteiger partial charge in [0.25, 0.3) is 0 Å². The summed E-state index contributed by atoms with van der Waals surface area (Å²) in [5, 5.41) is 0. The van der Waals surface area contributed by atoms with Crippen molar-refractivity contribution in [1.29, 1.82) is 0 Å². The zero-order valence-electron chi connectivity index (χ0n) is 14.0. The van der Waals surface area contributed by atoms with Gasteiger partial charge in [0, 0.05) is 11.1 Å². The predicted molar refractivity (Wildman–Crippen MR) is 82.0 cm³/mol. The van der Waals surface area contributed by atoms with Gasteiger partial charge in [-0.15, -0.1) is 0 Å². The van der Waals surface area contributed by atoms with E-state index in [0.29, 0.717) is 31.3 Å². The Hall–Kier alpha value is -1.79. The monoisotopic (exact) mass is 348 g/mol. The van der Waals surface area contributed by atoms with Crippen LogP contribution in [0.4, 0.5) is 13.2 Å². The number of carbonyl (C=O) groups excluding carboxylic acids is 2. The first-order valence-electron chi connectivity index (χ1n) is 7.78. The second kappa shape index (κ2) is 7.85. The van der Waals surface area contributed by atoms with Crippen LogP contribution < -0.4 is 0 Å². The van der Waals surface area contributed by atoms with Crippen LogP contribution in [0.15, 0.2) is 24.3 Å². The first-order chi connectivity index (χ1) is 11.0. The standard InChI is InChI=1S/C17H23F3O4/c1-5-16(24-14(21)11(2)3)7-6-13(9-16)8-12(4)15(22)23-10-17(18,19)20/h13H,2,4-10H2,1,3H3. The van der Waals surface area contributed by atoms with Gasteiger partial charge in [0.1, 0.15) is 5.60 Å². The molecule has 0 aromatic heterocycles. The molecule has 0 bridgehead atoms. The second-order valence-corrected chi connectivity index (χ2v) is 6.31. The van der Waals surface area contributed by atoms with Gasteiger partial charge >= 0.3 is 18.1 Å². The van der Waals surface area contributed by atoms with Gasteiger partial charge in [0.2, 0.25) is 0 Å². The van der Waals surface area contributed by atoms with E-state index in [1.165, 1.54) is 0 Å². The average molecular weight is 348 g/mol. The number of halogens is 3. The number of carbonyl (C=O) groups is 2. The molecule has 4 nitrogen and oxygen atoms in total. The van der Waals surface area contributed by atoms with Gasteiger partial charge in [-0.2, -0.15) is 13.2 Å². The molecule has 2 unspecified atom stereocenters. The third-order valence-corrected chi connectivity index (χ3v) is 4.16. The molecule has 0 N–H and O–H groups in total. The van der Waals surface area contributed by atoms with E-state index in [1.807, 2.05) is 6.92 Å². The first kappa shape index (κ1) is 20.3. The van der Waals surface area contributed by atoms with Crippen LogP contribution in [0.1, 0.15) is 46.0 Å². The summed E-state index contributed by atoms with van der Waals surface area (Å²) in [5.74, 6) is -1.49. The fraction of sp³-hybridized carbons (Fsp3) is 0.647. The summed E-state index contributed by atoms with van der Waals surface area (Å²) in [6.07, 6.45) is -1.84. The van der Waals surface area contributed by atoms with Crippen LogP contribution in [-0.4, -0.2) is 30.3 Å².